The first-order valence-electron chi connectivity index (χ1n) is 5.26. The summed E-state index contributed by atoms with van der Waals surface area (Å²) in [7, 11) is -3.56. The second kappa shape index (κ2) is 6.59. The van der Waals surface area contributed by atoms with Crippen LogP contribution >= 0.6 is 11.6 Å². The molecular formula is C11H13ClNaO4S. The zero-order valence-electron chi connectivity index (χ0n) is 10.3. The number of hydrogen-bond donors (Lipinski definition) is 0. The van der Waals surface area contributed by atoms with Crippen LogP contribution in [0.25, 0.3) is 0 Å². The van der Waals surface area contributed by atoms with Crippen LogP contribution in [0.1, 0.15) is 24.5 Å². The summed E-state index contributed by atoms with van der Waals surface area (Å²) in [5, 5.41) is 0.436. The van der Waals surface area contributed by atoms with Gasteiger partial charge in [-0.25, -0.2) is 0 Å². The monoisotopic (exact) mass is 299 g/mol. The number of hydrogen-bond acceptors (Lipinski definition) is 4. The second-order valence-electron chi connectivity index (χ2n) is 3.97. The average molecular weight is 300 g/mol. The fourth-order valence-electron chi connectivity index (χ4n) is 1.83. The third-order valence-electron chi connectivity index (χ3n) is 2.49. The molecule has 0 N–H and O–H groups in total. The van der Waals surface area contributed by atoms with Gasteiger partial charge >= 0.3 is 10.1 Å². The van der Waals surface area contributed by atoms with E-state index < -0.39 is 10.1 Å². The van der Waals surface area contributed by atoms with Crippen LogP contribution in [0.4, 0.5) is 0 Å². The van der Waals surface area contributed by atoms with E-state index in [-0.39, 0.29) is 41.4 Å². The van der Waals surface area contributed by atoms with Crippen molar-refractivity contribution in [2.24, 2.45) is 0 Å². The Hall–Kier alpha value is 0.220. The summed E-state index contributed by atoms with van der Waals surface area (Å²) < 4.78 is 32.8. The Morgan fingerprint density at radius 3 is 2.72 bits per heavy atom. The second-order valence-corrected chi connectivity index (χ2v) is 5.98. The molecule has 1 saturated heterocycles. The van der Waals surface area contributed by atoms with Crippen molar-refractivity contribution in [2.45, 2.75) is 18.9 Å². The molecule has 0 aromatic heterocycles. The fraction of sp³-hybridized carbons (Fsp3) is 0.455. The third-order valence-corrected chi connectivity index (χ3v) is 3.21. The molecule has 1 fully saturated rings. The van der Waals surface area contributed by atoms with E-state index in [0.29, 0.717) is 11.6 Å². The van der Waals surface area contributed by atoms with Gasteiger partial charge in [0.1, 0.15) is 5.75 Å². The van der Waals surface area contributed by atoms with E-state index in [0.717, 1.165) is 24.7 Å². The maximum Gasteiger partial charge on any atom is 0.306 e. The standard InChI is InChI=1S/C11H13ClO4S.Na/c1-17(13,14)16-11-7-8(12)4-5-9(11)10-3-2-6-15-10;/h4-5,7,10H,2-3,6H2,1H3;. The summed E-state index contributed by atoms with van der Waals surface area (Å²) in [6.45, 7) is 0.686. The maximum atomic E-state index is 11.2. The van der Waals surface area contributed by atoms with Crippen molar-refractivity contribution in [3.63, 3.8) is 0 Å². The molecule has 4 nitrogen and oxygen atoms in total. The van der Waals surface area contributed by atoms with E-state index in [4.69, 9.17) is 20.5 Å². The van der Waals surface area contributed by atoms with Crippen LogP contribution in [-0.2, 0) is 14.9 Å². The topological polar surface area (TPSA) is 52.6 Å². The normalized spacial score (nSPS) is 19.3. The quantitative estimate of drug-likeness (QED) is 0.634. The molecule has 1 aromatic carbocycles. The summed E-state index contributed by atoms with van der Waals surface area (Å²) in [6.07, 6.45) is 2.73. The Bertz CT molecular complexity index is 512. The molecule has 1 heterocycles. The zero-order valence-corrected chi connectivity index (χ0v) is 13.9. The minimum atomic E-state index is -3.56. The van der Waals surface area contributed by atoms with Crippen LogP contribution in [0.5, 0.6) is 5.75 Å². The van der Waals surface area contributed by atoms with Gasteiger partial charge in [0.15, 0.2) is 0 Å². The molecule has 0 bridgehead atoms. The van der Waals surface area contributed by atoms with E-state index >= 15 is 0 Å². The first-order valence-corrected chi connectivity index (χ1v) is 7.46. The van der Waals surface area contributed by atoms with Crippen molar-refractivity contribution in [2.75, 3.05) is 12.9 Å². The van der Waals surface area contributed by atoms with Crippen LogP contribution in [0, 0.1) is 0 Å². The summed E-state index contributed by atoms with van der Waals surface area (Å²) in [5.74, 6) is 0.256. The Kier molecular flexibility index (Phi) is 5.96. The molecule has 1 atom stereocenters. The van der Waals surface area contributed by atoms with Gasteiger partial charge in [0.05, 0.1) is 12.4 Å². The SMILES string of the molecule is CS(=O)(=O)Oc1cc(Cl)ccc1C1CCCO1.[Na]. The van der Waals surface area contributed by atoms with Crippen molar-refractivity contribution >= 4 is 51.3 Å². The number of rotatable bonds is 3. The van der Waals surface area contributed by atoms with Crippen molar-refractivity contribution in [3.8, 4) is 5.75 Å². The largest absolute Gasteiger partial charge is 0.382 e. The minimum absolute atomic E-state index is 0. The average Bonchev–Trinajstić information content (AvgIpc) is 2.68. The molecule has 95 valence electrons. The van der Waals surface area contributed by atoms with E-state index in [9.17, 15) is 8.42 Å². The molecule has 7 heteroatoms. The third kappa shape index (κ3) is 4.40. The van der Waals surface area contributed by atoms with Gasteiger partial charge in [0.2, 0.25) is 0 Å². The van der Waals surface area contributed by atoms with Crippen molar-refractivity contribution in [1.29, 1.82) is 0 Å². The molecule has 1 aliphatic heterocycles. The predicted octanol–water partition coefficient (Wildman–Crippen LogP) is 2.15. The first-order chi connectivity index (χ1) is 7.96. The van der Waals surface area contributed by atoms with Gasteiger partial charge in [-0.1, -0.05) is 17.7 Å². The molecule has 2 rings (SSSR count). The summed E-state index contributed by atoms with van der Waals surface area (Å²) in [4.78, 5) is 0. The van der Waals surface area contributed by atoms with Crippen LogP contribution in [0.15, 0.2) is 18.2 Å². The molecule has 0 aliphatic carbocycles. The smallest absolute Gasteiger partial charge is 0.306 e. The van der Waals surface area contributed by atoms with Gasteiger partial charge in [-0.2, -0.15) is 8.42 Å². The summed E-state index contributed by atoms with van der Waals surface area (Å²) in [6, 6.07) is 4.95. The molecule has 1 aromatic rings. The fourth-order valence-corrected chi connectivity index (χ4v) is 2.46. The van der Waals surface area contributed by atoms with E-state index in [1.54, 1.807) is 12.1 Å². The predicted molar refractivity (Wildman–Crippen MR) is 70.6 cm³/mol. The minimum Gasteiger partial charge on any atom is -0.382 e. The van der Waals surface area contributed by atoms with Crippen LogP contribution in [-0.4, -0.2) is 50.8 Å². The summed E-state index contributed by atoms with van der Waals surface area (Å²) in [5.41, 5.74) is 0.734. The van der Waals surface area contributed by atoms with E-state index in [2.05, 4.69) is 0 Å². The molecular weight excluding hydrogens is 287 g/mol. The van der Waals surface area contributed by atoms with Crippen LogP contribution in [0.3, 0.4) is 0 Å². The van der Waals surface area contributed by atoms with Crippen molar-refractivity contribution in [3.05, 3.63) is 28.8 Å². The summed E-state index contributed by atoms with van der Waals surface area (Å²) >= 11 is 5.84. The number of benzene rings is 1. The molecule has 1 radical (unpaired) electrons. The van der Waals surface area contributed by atoms with Gasteiger partial charge in [-0.05, 0) is 18.9 Å². The number of halogens is 1. The van der Waals surface area contributed by atoms with Gasteiger partial charge in [0, 0.05) is 52.8 Å². The van der Waals surface area contributed by atoms with Gasteiger partial charge in [0.25, 0.3) is 0 Å². The van der Waals surface area contributed by atoms with Gasteiger partial charge in [-0.3, -0.25) is 0 Å². The Balaban J connectivity index is 0.00000162. The molecule has 18 heavy (non-hydrogen) atoms. The Morgan fingerprint density at radius 1 is 1.44 bits per heavy atom. The Morgan fingerprint density at radius 2 is 2.17 bits per heavy atom. The van der Waals surface area contributed by atoms with Crippen molar-refractivity contribution in [1.82, 2.24) is 0 Å². The molecule has 1 aliphatic rings. The van der Waals surface area contributed by atoms with E-state index in [1.807, 2.05) is 0 Å². The maximum absolute atomic E-state index is 11.2. The molecule has 1 unspecified atom stereocenters. The van der Waals surface area contributed by atoms with Crippen molar-refractivity contribution < 1.29 is 17.3 Å². The Labute approximate surface area is 134 Å². The number of ether oxygens (including phenoxy) is 1. The zero-order chi connectivity index (χ0) is 12.5. The van der Waals surface area contributed by atoms with Gasteiger partial charge < -0.3 is 8.92 Å². The first kappa shape index (κ1) is 16.3. The van der Waals surface area contributed by atoms with E-state index in [1.165, 1.54) is 6.07 Å². The van der Waals surface area contributed by atoms with Crippen LogP contribution in [0.2, 0.25) is 5.02 Å². The molecule has 0 saturated carbocycles. The van der Waals surface area contributed by atoms with Gasteiger partial charge in [-0.15, -0.1) is 0 Å². The molecule has 0 amide bonds. The molecule has 0 spiro atoms. The van der Waals surface area contributed by atoms with Crippen LogP contribution < -0.4 is 4.18 Å².